The number of ether oxygens (including phenoxy) is 1. The van der Waals surface area contributed by atoms with Crippen molar-refractivity contribution in [2.45, 2.75) is 30.7 Å². The van der Waals surface area contributed by atoms with Crippen molar-refractivity contribution in [1.82, 2.24) is 9.62 Å². The molecule has 5 nitrogen and oxygen atoms in total. The largest absolute Gasteiger partial charge is 0.381 e. The van der Waals surface area contributed by atoms with E-state index in [-0.39, 0.29) is 11.6 Å². The molecule has 0 saturated carbocycles. The highest BCUT2D eigenvalue weighted by Gasteiger charge is 2.37. The van der Waals surface area contributed by atoms with Crippen LogP contribution in [0.1, 0.15) is 18.4 Å². The lowest BCUT2D eigenvalue weighted by Gasteiger charge is -2.41. The van der Waals surface area contributed by atoms with Gasteiger partial charge in [0.1, 0.15) is 11.6 Å². The van der Waals surface area contributed by atoms with E-state index in [0.29, 0.717) is 25.2 Å². The Morgan fingerprint density at radius 2 is 1.87 bits per heavy atom. The van der Waals surface area contributed by atoms with Crippen molar-refractivity contribution >= 4 is 10.0 Å². The third-order valence-corrected chi connectivity index (χ3v) is 6.05. The predicted molar refractivity (Wildman–Crippen MR) is 81.3 cm³/mol. The minimum Gasteiger partial charge on any atom is -0.381 e. The molecule has 0 aliphatic carbocycles. The molecule has 0 bridgehead atoms. The van der Waals surface area contributed by atoms with Gasteiger partial charge in [-0.2, -0.15) is 4.31 Å². The van der Waals surface area contributed by atoms with Gasteiger partial charge in [-0.15, -0.1) is 0 Å². The monoisotopic (exact) mass is 346 g/mol. The first kappa shape index (κ1) is 16.8. The molecule has 2 fully saturated rings. The Balaban J connectivity index is 1.53. The smallest absolute Gasteiger partial charge is 0.218 e. The number of halogens is 2. The minimum absolute atomic E-state index is 0.00719. The SMILES string of the molecule is O=S(=O)(Cc1ccc(F)cc1F)N1CC(NC2CCOCC2)C1. The van der Waals surface area contributed by atoms with Crippen LogP contribution in [0.2, 0.25) is 0 Å². The van der Waals surface area contributed by atoms with Crippen LogP contribution in [0.4, 0.5) is 8.78 Å². The number of benzene rings is 1. The van der Waals surface area contributed by atoms with Crippen LogP contribution >= 0.6 is 0 Å². The van der Waals surface area contributed by atoms with E-state index in [0.717, 1.165) is 32.1 Å². The molecular formula is C15H20F2N2O3S. The van der Waals surface area contributed by atoms with E-state index in [9.17, 15) is 17.2 Å². The average Bonchev–Trinajstić information content (AvgIpc) is 2.46. The van der Waals surface area contributed by atoms with Crippen LogP contribution in [0.15, 0.2) is 18.2 Å². The van der Waals surface area contributed by atoms with Gasteiger partial charge in [-0.3, -0.25) is 0 Å². The fraction of sp³-hybridized carbons (Fsp3) is 0.600. The summed E-state index contributed by atoms with van der Waals surface area (Å²) < 4.78 is 57.7. The van der Waals surface area contributed by atoms with Gasteiger partial charge in [0, 0.05) is 50.0 Å². The van der Waals surface area contributed by atoms with Gasteiger partial charge in [0.2, 0.25) is 10.0 Å². The van der Waals surface area contributed by atoms with E-state index in [2.05, 4.69) is 5.32 Å². The zero-order valence-corrected chi connectivity index (χ0v) is 13.5. The molecule has 2 heterocycles. The fourth-order valence-electron chi connectivity index (χ4n) is 2.89. The highest BCUT2D eigenvalue weighted by atomic mass is 32.2. The Labute approximate surface area is 134 Å². The van der Waals surface area contributed by atoms with Crippen LogP contribution in [0, 0.1) is 11.6 Å². The summed E-state index contributed by atoms with van der Waals surface area (Å²) in [6.45, 7) is 2.25. The van der Waals surface area contributed by atoms with Gasteiger partial charge in [-0.25, -0.2) is 17.2 Å². The lowest BCUT2D eigenvalue weighted by atomic mass is 10.1. The van der Waals surface area contributed by atoms with Crippen LogP contribution < -0.4 is 5.32 Å². The van der Waals surface area contributed by atoms with Crippen molar-refractivity contribution in [2.24, 2.45) is 0 Å². The third kappa shape index (κ3) is 4.06. The second-order valence-corrected chi connectivity index (χ2v) is 8.03. The van der Waals surface area contributed by atoms with Crippen molar-refractivity contribution in [1.29, 1.82) is 0 Å². The molecule has 0 radical (unpaired) electrons. The van der Waals surface area contributed by atoms with Gasteiger partial charge >= 0.3 is 0 Å². The molecule has 1 N–H and O–H groups in total. The highest BCUT2D eigenvalue weighted by molar-refractivity contribution is 7.88. The molecule has 8 heteroatoms. The second kappa shape index (κ2) is 6.80. The summed E-state index contributed by atoms with van der Waals surface area (Å²) in [5.74, 6) is -1.98. The number of nitrogens with zero attached hydrogens (tertiary/aromatic N) is 1. The molecule has 23 heavy (non-hydrogen) atoms. The summed E-state index contributed by atoms with van der Waals surface area (Å²) in [4.78, 5) is 0. The molecule has 3 rings (SSSR count). The molecule has 0 spiro atoms. The van der Waals surface area contributed by atoms with Crippen LogP contribution in [-0.4, -0.2) is 51.1 Å². The van der Waals surface area contributed by atoms with E-state index >= 15 is 0 Å². The maximum Gasteiger partial charge on any atom is 0.218 e. The van der Waals surface area contributed by atoms with Crippen LogP contribution in [0.3, 0.4) is 0 Å². The van der Waals surface area contributed by atoms with Gasteiger partial charge < -0.3 is 10.1 Å². The lowest BCUT2D eigenvalue weighted by Crippen LogP contribution is -2.62. The molecule has 1 aromatic carbocycles. The molecule has 0 amide bonds. The normalized spacial score (nSPS) is 21.3. The van der Waals surface area contributed by atoms with Crippen LogP contribution in [0.25, 0.3) is 0 Å². The minimum atomic E-state index is -3.58. The molecule has 128 valence electrons. The molecule has 2 aliphatic rings. The Kier molecular flexibility index (Phi) is 4.96. The Morgan fingerprint density at radius 3 is 2.52 bits per heavy atom. The average molecular weight is 346 g/mol. The first-order valence-electron chi connectivity index (χ1n) is 7.69. The molecule has 1 aromatic rings. The number of hydrogen-bond acceptors (Lipinski definition) is 4. The molecular weight excluding hydrogens is 326 g/mol. The maximum absolute atomic E-state index is 13.6. The number of rotatable bonds is 5. The van der Waals surface area contributed by atoms with Crippen molar-refractivity contribution in [2.75, 3.05) is 26.3 Å². The van der Waals surface area contributed by atoms with E-state index in [4.69, 9.17) is 4.74 Å². The van der Waals surface area contributed by atoms with E-state index < -0.39 is 27.4 Å². The van der Waals surface area contributed by atoms with Gasteiger partial charge in [-0.05, 0) is 18.9 Å². The van der Waals surface area contributed by atoms with E-state index in [1.807, 2.05) is 0 Å². The quantitative estimate of drug-likeness (QED) is 0.872. The summed E-state index contributed by atoms with van der Waals surface area (Å²) in [5.41, 5.74) is -0.00719. The Morgan fingerprint density at radius 1 is 1.17 bits per heavy atom. The molecule has 0 atom stereocenters. The summed E-state index contributed by atoms with van der Waals surface area (Å²) in [5, 5.41) is 3.43. The van der Waals surface area contributed by atoms with Crippen molar-refractivity contribution in [3.8, 4) is 0 Å². The van der Waals surface area contributed by atoms with Gasteiger partial charge in [0.05, 0.1) is 5.75 Å². The zero-order valence-electron chi connectivity index (χ0n) is 12.7. The van der Waals surface area contributed by atoms with Crippen molar-refractivity contribution in [3.63, 3.8) is 0 Å². The van der Waals surface area contributed by atoms with Crippen LogP contribution in [0.5, 0.6) is 0 Å². The summed E-state index contributed by atoms with van der Waals surface area (Å²) in [6.07, 6.45) is 1.87. The Hall–Kier alpha value is -1.09. The highest BCUT2D eigenvalue weighted by Crippen LogP contribution is 2.21. The number of sulfonamides is 1. The van der Waals surface area contributed by atoms with Gasteiger partial charge in [0.15, 0.2) is 0 Å². The summed E-state index contributed by atoms with van der Waals surface area (Å²) >= 11 is 0. The summed E-state index contributed by atoms with van der Waals surface area (Å²) in [6, 6.07) is 3.45. The van der Waals surface area contributed by atoms with E-state index in [1.165, 1.54) is 10.4 Å². The van der Waals surface area contributed by atoms with Gasteiger partial charge in [-0.1, -0.05) is 6.07 Å². The number of hydrogen-bond donors (Lipinski definition) is 1. The Bertz CT molecular complexity index is 657. The van der Waals surface area contributed by atoms with Crippen molar-refractivity contribution < 1.29 is 21.9 Å². The third-order valence-electron chi connectivity index (χ3n) is 4.29. The molecule has 0 unspecified atom stereocenters. The van der Waals surface area contributed by atoms with Crippen molar-refractivity contribution in [3.05, 3.63) is 35.4 Å². The maximum atomic E-state index is 13.6. The standard InChI is InChI=1S/C15H20F2N2O3S/c16-12-2-1-11(15(17)7-12)10-23(20,21)19-8-14(9-19)18-13-3-5-22-6-4-13/h1-2,7,13-14,18H,3-6,8-10H2. The summed E-state index contributed by atoms with van der Waals surface area (Å²) in [7, 11) is -3.58. The lowest BCUT2D eigenvalue weighted by molar-refractivity contribution is 0.0678. The topological polar surface area (TPSA) is 58.6 Å². The first-order chi connectivity index (χ1) is 10.9. The zero-order chi connectivity index (χ0) is 16.4. The second-order valence-electron chi connectivity index (χ2n) is 6.06. The molecule has 2 aliphatic heterocycles. The van der Waals surface area contributed by atoms with Crippen LogP contribution in [-0.2, 0) is 20.5 Å². The molecule has 2 saturated heterocycles. The van der Waals surface area contributed by atoms with E-state index in [1.54, 1.807) is 0 Å². The predicted octanol–water partition coefficient (Wildman–Crippen LogP) is 1.25. The first-order valence-corrected chi connectivity index (χ1v) is 9.30. The number of nitrogens with one attached hydrogen (secondary N) is 1. The van der Waals surface area contributed by atoms with Gasteiger partial charge in [0.25, 0.3) is 0 Å². The fourth-order valence-corrected chi connectivity index (χ4v) is 4.52. The molecule has 0 aromatic heterocycles.